The van der Waals surface area contributed by atoms with Crippen LogP contribution in [-0.2, 0) is 0 Å². The second-order valence-corrected chi connectivity index (χ2v) is 6.70. The summed E-state index contributed by atoms with van der Waals surface area (Å²) >= 11 is 0. The highest BCUT2D eigenvalue weighted by Gasteiger charge is 2.39. The van der Waals surface area contributed by atoms with Gasteiger partial charge >= 0.3 is 0 Å². The molecule has 3 atom stereocenters. The Balaban J connectivity index is 0.00000196. The van der Waals surface area contributed by atoms with Gasteiger partial charge in [-0.3, -0.25) is 4.99 Å². The molecule has 0 radical (unpaired) electrons. The fraction of sp³-hybridized carbons (Fsp3) is 0.381. The van der Waals surface area contributed by atoms with Gasteiger partial charge in [-0.05, 0) is 25.0 Å². The first-order valence-electron chi connectivity index (χ1n) is 9.19. The van der Waals surface area contributed by atoms with Crippen molar-refractivity contribution in [3.05, 3.63) is 65.7 Å². The number of rotatable bonds is 4. The molecule has 3 unspecified atom stereocenters. The summed E-state index contributed by atoms with van der Waals surface area (Å²) in [5.74, 6) is 2.48. The van der Waals surface area contributed by atoms with Crippen LogP contribution in [0.1, 0.15) is 42.9 Å². The zero-order valence-electron chi connectivity index (χ0n) is 15.0. The highest BCUT2D eigenvalue weighted by atomic mass is 127. The van der Waals surface area contributed by atoms with Gasteiger partial charge in [-0.15, -0.1) is 24.0 Å². The molecule has 0 amide bonds. The number of para-hydroxylation sites is 1. The molecule has 2 aliphatic rings. The van der Waals surface area contributed by atoms with Crippen LogP contribution in [0.2, 0.25) is 0 Å². The fourth-order valence-electron chi connectivity index (χ4n) is 3.55. The predicted octanol–water partition coefficient (Wildman–Crippen LogP) is 4.24. The summed E-state index contributed by atoms with van der Waals surface area (Å²) in [6, 6.07) is 19.7. The van der Waals surface area contributed by atoms with Crippen LogP contribution < -0.4 is 15.4 Å². The normalized spacial score (nSPS) is 23.9. The molecule has 2 aromatic carbocycles. The maximum absolute atomic E-state index is 5.76. The minimum absolute atomic E-state index is 0. The van der Waals surface area contributed by atoms with Gasteiger partial charge in [-0.1, -0.05) is 48.5 Å². The van der Waals surface area contributed by atoms with Gasteiger partial charge in [-0.2, -0.15) is 0 Å². The first-order chi connectivity index (χ1) is 12.3. The summed E-state index contributed by atoms with van der Waals surface area (Å²) < 4.78 is 5.76. The van der Waals surface area contributed by atoms with E-state index in [1.54, 1.807) is 0 Å². The summed E-state index contributed by atoms with van der Waals surface area (Å²) in [5, 5.41) is 7.23. The van der Waals surface area contributed by atoms with E-state index in [0.29, 0.717) is 12.0 Å². The third-order valence-electron chi connectivity index (χ3n) is 4.93. The third-order valence-corrected chi connectivity index (χ3v) is 4.93. The standard InChI is InChI=1S/C21H25N3O.HI/c1-2-22-21(24-19-14-17(19)15-8-4-3-5-9-15)23-18-12-13-25-20-11-7-6-10-16(18)20;/h3-11,17-19H,2,12-14H2,1H3,(H2,22,23,24);1H. The number of fused-ring (bicyclic) bond motifs is 1. The number of benzene rings is 2. The Morgan fingerprint density at radius 1 is 1.08 bits per heavy atom. The molecule has 26 heavy (non-hydrogen) atoms. The van der Waals surface area contributed by atoms with Crippen molar-refractivity contribution >= 4 is 29.9 Å². The van der Waals surface area contributed by atoms with E-state index in [1.807, 2.05) is 12.1 Å². The summed E-state index contributed by atoms with van der Waals surface area (Å²) in [5.41, 5.74) is 2.63. The summed E-state index contributed by atoms with van der Waals surface area (Å²) in [4.78, 5) is 4.65. The molecule has 0 aromatic heterocycles. The average Bonchev–Trinajstić information content (AvgIpc) is 3.42. The molecule has 2 N–H and O–H groups in total. The first-order valence-corrected chi connectivity index (χ1v) is 9.19. The Hall–Kier alpha value is -1.76. The first kappa shape index (κ1) is 19.0. The maximum Gasteiger partial charge on any atom is 0.191 e. The monoisotopic (exact) mass is 463 g/mol. The number of halogens is 1. The third kappa shape index (κ3) is 4.31. The van der Waals surface area contributed by atoms with E-state index in [-0.39, 0.29) is 30.0 Å². The Bertz CT molecular complexity index is 750. The van der Waals surface area contributed by atoms with Crippen LogP contribution in [-0.4, -0.2) is 25.2 Å². The van der Waals surface area contributed by atoms with Gasteiger partial charge in [0.05, 0.1) is 12.6 Å². The summed E-state index contributed by atoms with van der Waals surface area (Å²) in [6.07, 6.45) is 2.12. The number of nitrogens with one attached hydrogen (secondary N) is 2. The molecule has 138 valence electrons. The van der Waals surface area contributed by atoms with Crippen molar-refractivity contribution in [2.24, 2.45) is 4.99 Å². The molecular weight excluding hydrogens is 437 g/mol. The lowest BCUT2D eigenvalue weighted by Gasteiger charge is -2.28. The van der Waals surface area contributed by atoms with Gasteiger partial charge in [0.25, 0.3) is 0 Å². The van der Waals surface area contributed by atoms with Gasteiger partial charge in [-0.25, -0.2) is 0 Å². The van der Waals surface area contributed by atoms with Gasteiger partial charge in [0.2, 0.25) is 0 Å². The van der Waals surface area contributed by atoms with Crippen molar-refractivity contribution in [3.63, 3.8) is 0 Å². The second-order valence-electron chi connectivity index (χ2n) is 6.70. The van der Waals surface area contributed by atoms with Crippen molar-refractivity contribution < 1.29 is 4.74 Å². The van der Waals surface area contributed by atoms with Crippen LogP contribution in [0.25, 0.3) is 0 Å². The van der Waals surface area contributed by atoms with E-state index >= 15 is 0 Å². The van der Waals surface area contributed by atoms with Crippen molar-refractivity contribution in [1.29, 1.82) is 0 Å². The van der Waals surface area contributed by atoms with E-state index in [9.17, 15) is 0 Å². The molecule has 0 saturated heterocycles. The SMILES string of the molecule is CCN=C(NC1CCOc2ccccc21)NC1CC1c1ccccc1.I. The smallest absolute Gasteiger partial charge is 0.191 e. The van der Waals surface area contributed by atoms with Crippen LogP contribution in [0.3, 0.4) is 0 Å². The Kier molecular flexibility index (Phi) is 6.40. The molecule has 1 aliphatic heterocycles. The number of hydrogen-bond donors (Lipinski definition) is 2. The van der Waals surface area contributed by atoms with Crippen LogP contribution in [0.4, 0.5) is 0 Å². The largest absolute Gasteiger partial charge is 0.493 e. The molecule has 4 rings (SSSR count). The van der Waals surface area contributed by atoms with Gasteiger partial charge < -0.3 is 15.4 Å². The van der Waals surface area contributed by atoms with Crippen molar-refractivity contribution in [3.8, 4) is 5.75 Å². The summed E-state index contributed by atoms with van der Waals surface area (Å²) in [6.45, 7) is 3.58. The number of aliphatic imine (C=N–C) groups is 1. The van der Waals surface area contributed by atoms with Crippen LogP contribution in [0, 0.1) is 0 Å². The molecule has 0 bridgehead atoms. The Morgan fingerprint density at radius 2 is 1.85 bits per heavy atom. The molecule has 1 heterocycles. The molecular formula is C21H26IN3O. The van der Waals surface area contributed by atoms with Crippen molar-refractivity contribution in [1.82, 2.24) is 10.6 Å². The van der Waals surface area contributed by atoms with Crippen molar-refractivity contribution in [2.45, 2.75) is 37.8 Å². The number of nitrogens with zero attached hydrogens (tertiary/aromatic N) is 1. The molecule has 2 aromatic rings. The van der Waals surface area contributed by atoms with Gasteiger partial charge in [0, 0.05) is 30.5 Å². The number of hydrogen-bond acceptors (Lipinski definition) is 2. The van der Waals surface area contributed by atoms with Crippen LogP contribution in [0.15, 0.2) is 59.6 Å². The zero-order valence-corrected chi connectivity index (χ0v) is 17.4. The highest BCUT2D eigenvalue weighted by molar-refractivity contribution is 14.0. The lowest BCUT2D eigenvalue weighted by atomic mass is 10.0. The lowest BCUT2D eigenvalue weighted by molar-refractivity contribution is 0.261. The minimum Gasteiger partial charge on any atom is -0.493 e. The van der Waals surface area contributed by atoms with E-state index in [2.05, 4.69) is 65.0 Å². The highest BCUT2D eigenvalue weighted by Crippen LogP contribution is 2.40. The van der Waals surface area contributed by atoms with Gasteiger partial charge in [0.15, 0.2) is 5.96 Å². The predicted molar refractivity (Wildman–Crippen MR) is 117 cm³/mol. The topological polar surface area (TPSA) is 45.7 Å². The average molecular weight is 463 g/mol. The van der Waals surface area contributed by atoms with Gasteiger partial charge in [0.1, 0.15) is 5.75 Å². The van der Waals surface area contributed by atoms with Crippen molar-refractivity contribution in [2.75, 3.05) is 13.2 Å². The Labute approximate surface area is 172 Å². The number of ether oxygens (including phenoxy) is 1. The minimum atomic E-state index is 0. The lowest BCUT2D eigenvalue weighted by Crippen LogP contribution is -2.42. The molecule has 1 fully saturated rings. The fourth-order valence-corrected chi connectivity index (χ4v) is 3.55. The van der Waals surface area contributed by atoms with Crippen LogP contribution >= 0.6 is 24.0 Å². The summed E-state index contributed by atoms with van der Waals surface area (Å²) in [7, 11) is 0. The quantitative estimate of drug-likeness (QED) is 0.405. The second kappa shape index (κ2) is 8.75. The molecule has 1 saturated carbocycles. The Morgan fingerprint density at radius 3 is 2.65 bits per heavy atom. The van der Waals surface area contributed by atoms with E-state index in [1.165, 1.54) is 17.5 Å². The maximum atomic E-state index is 5.76. The molecule has 0 spiro atoms. The van der Waals surface area contributed by atoms with E-state index in [0.717, 1.165) is 31.3 Å². The number of guanidine groups is 1. The molecule has 1 aliphatic carbocycles. The molecule has 5 heteroatoms. The van der Waals surface area contributed by atoms with Crippen LogP contribution in [0.5, 0.6) is 5.75 Å². The zero-order chi connectivity index (χ0) is 17.1. The van der Waals surface area contributed by atoms with E-state index in [4.69, 9.17) is 4.74 Å². The van der Waals surface area contributed by atoms with E-state index < -0.39 is 0 Å². The molecule has 4 nitrogen and oxygen atoms in total.